The second-order valence-electron chi connectivity index (χ2n) is 5.14. The number of sulfonamides is 1. The quantitative estimate of drug-likeness (QED) is 0.635. The summed E-state index contributed by atoms with van der Waals surface area (Å²) in [5, 5.41) is 10.0. The van der Waals surface area contributed by atoms with Gasteiger partial charge in [-0.25, -0.2) is 13.1 Å². The molecule has 1 aromatic rings. The first-order valence-corrected chi connectivity index (χ1v) is 9.23. The maximum absolute atomic E-state index is 12.3. The van der Waals surface area contributed by atoms with Crippen molar-refractivity contribution in [3.05, 3.63) is 22.2 Å². The molecule has 0 fully saturated rings. The van der Waals surface area contributed by atoms with Gasteiger partial charge in [-0.15, -0.1) is 0 Å². The van der Waals surface area contributed by atoms with Gasteiger partial charge in [0.1, 0.15) is 0 Å². The van der Waals surface area contributed by atoms with Gasteiger partial charge in [0.05, 0.1) is 11.0 Å². The molecule has 1 rings (SSSR count). The van der Waals surface area contributed by atoms with Crippen LogP contribution in [0.4, 0.5) is 5.69 Å². The molecule has 21 heavy (non-hydrogen) atoms. The molecule has 1 aromatic carbocycles. The number of rotatable bonds is 7. The molecule has 0 aliphatic carbocycles. The average Bonchev–Trinajstić information content (AvgIpc) is 2.42. The lowest BCUT2D eigenvalue weighted by atomic mass is 9.97. The van der Waals surface area contributed by atoms with Crippen LogP contribution in [0.15, 0.2) is 21.5 Å². The first-order valence-electron chi connectivity index (χ1n) is 6.96. The van der Waals surface area contributed by atoms with Gasteiger partial charge in [0.25, 0.3) is 0 Å². The van der Waals surface area contributed by atoms with E-state index in [0.717, 1.165) is 12.8 Å². The summed E-state index contributed by atoms with van der Waals surface area (Å²) in [5.74, 6) is 0.0868. The third kappa shape index (κ3) is 4.67. The summed E-state index contributed by atoms with van der Waals surface area (Å²) >= 11 is 3.27. The minimum absolute atomic E-state index is 0.00406. The molecule has 0 heterocycles. The van der Waals surface area contributed by atoms with Crippen LogP contribution in [0.3, 0.4) is 0 Å². The van der Waals surface area contributed by atoms with Crippen molar-refractivity contribution in [2.24, 2.45) is 5.92 Å². The van der Waals surface area contributed by atoms with Crippen LogP contribution in [-0.4, -0.2) is 26.2 Å². The topological polar surface area (TPSA) is 92.4 Å². The van der Waals surface area contributed by atoms with Crippen LogP contribution in [0.1, 0.15) is 32.3 Å². The second-order valence-corrected chi connectivity index (χ2v) is 7.72. The number of halogens is 1. The predicted octanol–water partition coefficient (Wildman–Crippen LogP) is 2.42. The molecular weight excluding hydrogens is 356 g/mol. The standard InChI is InChI=1S/C14H23BrN2O3S/c1-4-10(5-2)13(18)8-17-21(19,20)14-7-12(16)11(15)6-9(14)3/h6-7,10,13,17-18H,4-5,8,16H2,1-3H3. The van der Waals surface area contributed by atoms with E-state index >= 15 is 0 Å². The van der Waals surface area contributed by atoms with Gasteiger partial charge in [-0.1, -0.05) is 26.7 Å². The second kappa shape index (κ2) is 7.58. The normalized spacial score (nSPS) is 13.6. The molecule has 120 valence electrons. The Hall–Kier alpha value is -0.630. The number of nitrogens with one attached hydrogen (secondary N) is 1. The Morgan fingerprint density at radius 2 is 1.90 bits per heavy atom. The van der Waals surface area contributed by atoms with E-state index in [2.05, 4.69) is 20.7 Å². The highest BCUT2D eigenvalue weighted by molar-refractivity contribution is 9.10. The van der Waals surface area contributed by atoms with Crippen LogP contribution in [-0.2, 0) is 10.0 Å². The molecule has 0 aliphatic rings. The summed E-state index contributed by atoms with van der Waals surface area (Å²) in [6.45, 7) is 5.66. The number of anilines is 1. The van der Waals surface area contributed by atoms with E-state index in [1.807, 2.05) is 13.8 Å². The van der Waals surface area contributed by atoms with Gasteiger partial charge in [-0.05, 0) is 46.5 Å². The maximum atomic E-state index is 12.3. The van der Waals surface area contributed by atoms with E-state index < -0.39 is 16.1 Å². The molecule has 0 radical (unpaired) electrons. The molecule has 5 nitrogen and oxygen atoms in total. The zero-order valence-electron chi connectivity index (χ0n) is 12.6. The van der Waals surface area contributed by atoms with Gasteiger partial charge in [-0.3, -0.25) is 0 Å². The largest absolute Gasteiger partial charge is 0.398 e. The van der Waals surface area contributed by atoms with Gasteiger partial charge < -0.3 is 10.8 Å². The molecule has 0 saturated heterocycles. The Labute approximate surface area is 135 Å². The molecule has 0 aromatic heterocycles. The Morgan fingerprint density at radius 1 is 1.33 bits per heavy atom. The number of hydrogen-bond acceptors (Lipinski definition) is 4. The number of aliphatic hydroxyl groups excluding tert-OH is 1. The molecule has 0 amide bonds. The highest BCUT2D eigenvalue weighted by Crippen LogP contribution is 2.26. The van der Waals surface area contributed by atoms with Crippen molar-refractivity contribution in [1.29, 1.82) is 0 Å². The molecule has 1 atom stereocenters. The first kappa shape index (κ1) is 18.4. The molecule has 1 unspecified atom stereocenters. The molecule has 0 aliphatic heterocycles. The van der Waals surface area contributed by atoms with Gasteiger partial charge >= 0.3 is 0 Å². The number of aryl methyl sites for hydroxylation is 1. The monoisotopic (exact) mass is 378 g/mol. The van der Waals surface area contributed by atoms with Crippen molar-refractivity contribution in [1.82, 2.24) is 4.72 Å². The summed E-state index contributed by atoms with van der Waals surface area (Å²) in [6, 6.07) is 3.09. The minimum atomic E-state index is -3.69. The zero-order valence-corrected chi connectivity index (χ0v) is 15.0. The smallest absolute Gasteiger partial charge is 0.240 e. The van der Waals surface area contributed by atoms with Crippen molar-refractivity contribution in [2.75, 3.05) is 12.3 Å². The fraction of sp³-hybridized carbons (Fsp3) is 0.571. The SMILES string of the molecule is CCC(CC)C(O)CNS(=O)(=O)c1cc(N)c(Br)cc1C. The number of nitrogens with two attached hydrogens (primary N) is 1. The highest BCUT2D eigenvalue weighted by atomic mass is 79.9. The zero-order chi connectivity index (χ0) is 16.2. The van der Waals surface area contributed by atoms with Crippen LogP contribution in [0.25, 0.3) is 0 Å². The number of nitrogen functional groups attached to an aromatic ring is 1. The molecule has 7 heteroatoms. The van der Waals surface area contributed by atoms with Gasteiger partial charge in [-0.2, -0.15) is 0 Å². The van der Waals surface area contributed by atoms with Crippen LogP contribution >= 0.6 is 15.9 Å². The molecule has 0 saturated carbocycles. The van der Waals surface area contributed by atoms with Crippen molar-refractivity contribution in [3.8, 4) is 0 Å². The van der Waals surface area contributed by atoms with E-state index in [0.29, 0.717) is 15.7 Å². The van der Waals surface area contributed by atoms with Gasteiger partial charge in [0, 0.05) is 16.7 Å². The third-order valence-electron chi connectivity index (χ3n) is 3.66. The Morgan fingerprint density at radius 3 is 2.43 bits per heavy atom. The lowest BCUT2D eigenvalue weighted by molar-refractivity contribution is 0.107. The van der Waals surface area contributed by atoms with E-state index in [1.54, 1.807) is 13.0 Å². The number of hydrogen-bond donors (Lipinski definition) is 3. The lowest BCUT2D eigenvalue weighted by Crippen LogP contribution is -2.36. The van der Waals surface area contributed by atoms with E-state index in [-0.39, 0.29) is 17.4 Å². The molecular formula is C14H23BrN2O3S. The fourth-order valence-corrected chi connectivity index (χ4v) is 4.00. The van der Waals surface area contributed by atoms with Crippen molar-refractivity contribution >= 4 is 31.6 Å². The lowest BCUT2D eigenvalue weighted by Gasteiger charge is -2.20. The van der Waals surface area contributed by atoms with E-state index in [1.165, 1.54) is 6.07 Å². The molecule has 4 N–H and O–H groups in total. The van der Waals surface area contributed by atoms with Crippen molar-refractivity contribution in [3.63, 3.8) is 0 Å². The summed E-state index contributed by atoms with van der Waals surface area (Å²) in [4.78, 5) is 0.139. The number of aliphatic hydroxyl groups is 1. The van der Waals surface area contributed by atoms with Crippen LogP contribution in [0, 0.1) is 12.8 Å². The molecule has 0 bridgehead atoms. The summed E-state index contributed by atoms with van der Waals surface area (Å²) in [5.41, 5.74) is 6.71. The maximum Gasteiger partial charge on any atom is 0.240 e. The van der Waals surface area contributed by atoms with Crippen molar-refractivity contribution in [2.45, 2.75) is 44.6 Å². The average molecular weight is 379 g/mol. The number of benzene rings is 1. The summed E-state index contributed by atoms with van der Waals surface area (Å²) in [7, 11) is -3.69. The molecule has 0 spiro atoms. The Balaban J connectivity index is 2.90. The predicted molar refractivity (Wildman–Crippen MR) is 88.6 cm³/mol. The minimum Gasteiger partial charge on any atom is -0.398 e. The van der Waals surface area contributed by atoms with Gasteiger partial charge in [0.15, 0.2) is 0 Å². The first-order chi connectivity index (χ1) is 9.72. The third-order valence-corrected chi connectivity index (χ3v) is 5.91. The van der Waals surface area contributed by atoms with Crippen LogP contribution in [0.2, 0.25) is 0 Å². The van der Waals surface area contributed by atoms with E-state index in [4.69, 9.17) is 5.73 Å². The fourth-order valence-electron chi connectivity index (χ4n) is 2.23. The Kier molecular flexibility index (Phi) is 6.65. The van der Waals surface area contributed by atoms with Crippen LogP contribution < -0.4 is 10.5 Å². The van der Waals surface area contributed by atoms with Gasteiger partial charge in [0.2, 0.25) is 10.0 Å². The summed E-state index contributed by atoms with van der Waals surface area (Å²) in [6.07, 6.45) is 0.927. The van der Waals surface area contributed by atoms with E-state index in [9.17, 15) is 13.5 Å². The Bertz CT molecular complexity index is 586. The summed E-state index contributed by atoms with van der Waals surface area (Å²) < 4.78 is 27.8. The van der Waals surface area contributed by atoms with Crippen molar-refractivity contribution < 1.29 is 13.5 Å². The van der Waals surface area contributed by atoms with Crippen LogP contribution in [0.5, 0.6) is 0 Å². The highest BCUT2D eigenvalue weighted by Gasteiger charge is 2.22.